The minimum Gasteiger partial charge on any atom is -0.320 e. The fourth-order valence-corrected chi connectivity index (χ4v) is 1.96. The third-order valence-corrected chi connectivity index (χ3v) is 3.10. The highest BCUT2D eigenvalue weighted by Gasteiger charge is 2.14. The Balaban J connectivity index is 1.86. The van der Waals surface area contributed by atoms with Crippen molar-refractivity contribution in [3.63, 3.8) is 0 Å². The molecule has 0 saturated heterocycles. The van der Waals surface area contributed by atoms with Crippen molar-refractivity contribution in [2.24, 2.45) is 5.73 Å². The zero-order valence-corrected chi connectivity index (χ0v) is 11.7. The van der Waals surface area contributed by atoms with Crippen molar-refractivity contribution in [2.75, 3.05) is 5.32 Å². The van der Waals surface area contributed by atoms with E-state index in [0.717, 1.165) is 12.0 Å². The Labute approximate surface area is 123 Å². The Kier molecular flexibility index (Phi) is 5.09. The summed E-state index contributed by atoms with van der Waals surface area (Å²) in [5.41, 5.74) is 7.04. The molecule has 104 valence electrons. The van der Waals surface area contributed by atoms with Crippen LogP contribution in [0, 0.1) is 0 Å². The second-order valence-electron chi connectivity index (χ2n) is 4.47. The van der Waals surface area contributed by atoms with Crippen LogP contribution < -0.4 is 11.1 Å². The zero-order chi connectivity index (χ0) is 14.4. The van der Waals surface area contributed by atoms with Crippen LogP contribution in [-0.4, -0.2) is 16.9 Å². The first kappa shape index (κ1) is 14.5. The molecule has 2 rings (SSSR count). The third kappa shape index (κ3) is 4.33. The molecule has 2 aromatic rings. The predicted octanol–water partition coefficient (Wildman–Crippen LogP) is 2.63. The molecule has 0 bridgehead atoms. The number of benzene rings is 1. The van der Waals surface area contributed by atoms with E-state index in [4.69, 9.17) is 17.3 Å². The molecule has 1 amide bonds. The number of pyridine rings is 1. The molecule has 0 aliphatic carbocycles. The summed E-state index contributed by atoms with van der Waals surface area (Å²) in [6, 6.07) is 14.4. The molecule has 0 aliphatic heterocycles. The second-order valence-corrected chi connectivity index (χ2v) is 4.85. The SMILES string of the molecule is NC(CCc1ccccc1)C(=O)Nc1cccc(Cl)n1. The van der Waals surface area contributed by atoms with E-state index >= 15 is 0 Å². The molecule has 1 aromatic carbocycles. The molecule has 0 radical (unpaired) electrons. The van der Waals surface area contributed by atoms with Gasteiger partial charge in [0, 0.05) is 0 Å². The summed E-state index contributed by atoms with van der Waals surface area (Å²) < 4.78 is 0. The Hall–Kier alpha value is -1.91. The van der Waals surface area contributed by atoms with Gasteiger partial charge in [0.05, 0.1) is 6.04 Å². The van der Waals surface area contributed by atoms with Crippen LogP contribution in [0.3, 0.4) is 0 Å². The number of aryl methyl sites for hydroxylation is 1. The number of nitrogens with zero attached hydrogens (tertiary/aromatic N) is 1. The standard InChI is InChI=1S/C15H16ClN3O/c16-13-7-4-8-14(18-13)19-15(20)12(17)10-9-11-5-2-1-3-6-11/h1-8,12H,9-10,17H2,(H,18,19,20). The maximum Gasteiger partial charge on any atom is 0.242 e. The van der Waals surface area contributed by atoms with Crippen molar-refractivity contribution in [1.29, 1.82) is 0 Å². The first-order chi connectivity index (χ1) is 9.65. The summed E-state index contributed by atoms with van der Waals surface area (Å²) in [6.07, 6.45) is 1.34. The van der Waals surface area contributed by atoms with E-state index in [-0.39, 0.29) is 5.91 Å². The molecule has 3 N–H and O–H groups in total. The van der Waals surface area contributed by atoms with Gasteiger partial charge in [-0.05, 0) is 30.5 Å². The number of carbonyl (C=O) groups is 1. The third-order valence-electron chi connectivity index (χ3n) is 2.89. The lowest BCUT2D eigenvalue weighted by Crippen LogP contribution is -2.36. The van der Waals surface area contributed by atoms with Crippen LogP contribution in [0.4, 0.5) is 5.82 Å². The van der Waals surface area contributed by atoms with Crippen LogP contribution in [0.5, 0.6) is 0 Å². The molecule has 0 fully saturated rings. The number of hydrogen-bond donors (Lipinski definition) is 2. The molecule has 1 heterocycles. The Morgan fingerprint density at radius 1 is 1.20 bits per heavy atom. The highest BCUT2D eigenvalue weighted by Crippen LogP contribution is 2.10. The van der Waals surface area contributed by atoms with Crippen molar-refractivity contribution in [1.82, 2.24) is 4.98 Å². The normalized spacial score (nSPS) is 11.9. The topological polar surface area (TPSA) is 68.0 Å². The van der Waals surface area contributed by atoms with Gasteiger partial charge >= 0.3 is 0 Å². The summed E-state index contributed by atoms with van der Waals surface area (Å²) in [5.74, 6) is 0.161. The lowest BCUT2D eigenvalue weighted by atomic mass is 10.1. The van der Waals surface area contributed by atoms with Gasteiger partial charge in [-0.15, -0.1) is 0 Å². The zero-order valence-electron chi connectivity index (χ0n) is 10.9. The highest BCUT2D eigenvalue weighted by atomic mass is 35.5. The van der Waals surface area contributed by atoms with E-state index in [0.29, 0.717) is 17.4 Å². The largest absolute Gasteiger partial charge is 0.320 e. The molecule has 1 aromatic heterocycles. The number of carbonyl (C=O) groups excluding carboxylic acids is 1. The Morgan fingerprint density at radius 2 is 1.95 bits per heavy atom. The summed E-state index contributed by atoms with van der Waals surface area (Å²) >= 11 is 5.76. The average molecular weight is 290 g/mol. The van der Waals surface area contributed by atoms with Crippen LogP contribution in [0.1, 0.15) is 12.0 Å². The summed E-state index contributed by atoms with van der Waals surface area (Å²) in [5, 5.41) is 2.99. The van der Waals surface area contributed by atoms with Crippen LogP contribution in [0.2, 0.25) is 5.15 Å². The van der Waals surface area contributed by atoms with Gasteiger partial charge in [0.25, 0.3) is 0 Å². The maximum atomic E-state index is 11.9. The fourth-order valence-electron chi connectivity index (χ4n) is 1.79. The van der Waals surface area contributed by atoms with Gasteiger partial charge in [-0.1, -0.05) is 48.0 Å². The van der Waals surface area contributed by atoms with Gasteiger partial charge in [-0.25, -0.2) is 4.98 Å². The van der Waals surface area contributed by atoms with Crippen molar-refractivity contribution < 1.29 is 4.79 Å². The minimum atomic E-state index is -0.573. The van der Waals surface area contributed by atoms with E-state index in [1.807, 2.05) is 30.3 Å². The highest BCUT2D eigenvalue weighted by molar-refractivity contribution is 6.29. The number of nitrogens with one attached hydrogen (secondary N) is 1. The first-order valence-electron chi connectivity index (χ1n) is 6.38. The molecule has 0 saturated carbocycles. The number of hydrogen-bond acceptors (Lipinski definition) is 3. The number of nitrogens with two attached hydrogens (primary N) is 1. The monoisotopic (exact) mass is 289 g/mol. The summed E-state index contributed by atoms with van der Waals surface area (Å²) in [7, 11) is 0. The smallest absolute Gasteiger partial charge is 0.242 e. The van der Waals surface area contributed by atoms with Crippen molar-refractivity contribution in [3.8, 4) is 0 Å². The van der Waals surface area contributed by atoms with Gasteiger partial charge in [0.15, 0.2) is 0 Å². The number of amides is 1. The first-order valence-corrected chi connectivity index (χ1v) is 6.76. The Morgan fingerprint density at radius 3 is 2.65 bits per heavy atom. The summed E-state index contributed by atoms with van der Waals surface area (Å²) in [4.78, 5) is 15.9. The van der Waals surface area contributed by atoms with E-state index in [1.165, 1.54) is 0 Å². The van der Waals surface area contributed by atoms with Gasteiger partial charge in [0.1, 0.15) is 11.0 Å². The number of anilines is 1. The van der Waals surface area contributed by atoms with Crippen molar-refractivity contribution in [3.05, 3.63) is 59.2 Å². The average Bonchev–Trinajstić information content (AvgIpc) is 2.46. The van der Waals surface area contributed by atoms with E-state index in [2.05, 4.69) is 10.3 Å². The molecule has 1 unspecified atom stereocenters. The van der Waals surface area contributed by atoms with E-state index in [9.17, 15) is 4.79 Å². The summed E-state index contributed by atoms with van der Waals surface area (Å²) in [6.45, 7) is 0. The lowest BCUT2D eigenvalue weighted by Gasteiger charge is -2.11. The number of halogens is 1. The van der Waals surface area contributed by atoms with Gasteiger partial charge < -0.3 is 11.1 Å². The van der Waals surface area contributed by atoms with Crippen LogP contribution in [-0.2, 0) is 11.2 Å². The van der Waals surface area contributed by atoms with Crippen molar-refractivity contribution >= 4 is 23.3 Å². The molecule has 20 heavy (non-hydrogen) atoms. The van der Waals surface area contributed by atoms with Gasteiger partial charge in [-0.3, -0.25) is 4.79 Å². The fraction of sp³-hybridized carbons (Fsp3) is 0.200. The molecule has 0 aliphatic rings. The lowest BCUT2D eigenvalue weighted by molar-refractivity contribution is -0.117. The molecule has 1 atom stereocenters. The molecule has 0 spiro atoms. The van der Waals surface area contributed by atoms with Crippen LogP contribution >= 0.6 is 11.6 Å². The van der Waals surface area contributed by atoms with E-state index in [1.54, 1.807) is 18.2 Å². The molecule has 5 heteroatoms. The van der Waals surface area contributed by atoms with Crippen molar-refractivity contribution in [2.45, 2.75) is 18.9 Å². The van der Waals surface area contributed by atoms with E-state index < -0.39 is 6.04 Å². The minimum absolute atomic E-state index is 0.254. The van der Waals surface area contributed by atoms with Gasteiger partial charge in [0.2, 0.25) is 5.91 Å². The number of rotatable bonds is 5. The predicted molar refractivity (Wildman–Crippen MR) is 80.6 cm³/mol. The van der Waals surface area contributed by atoms with Crippen LogP contribution in [0.15, 0.2) is 48.5 Å². The van der Waals surface area contributed by atoms with Gasteiger partial charge in [-0.2, -0.15) is 0 Å². The number of aromatic nitrogens is 1. The Bertz CT molecular complexity index is 574. The molecular weight excluding hydrogens is 274 g/mol. The quantitative estimate of drug-likeness (QED) is 0.832. The second kappa shape index (κ2) is 7.03. The molecule has 4 nitrogen and oxygen atoms in total. The van der Waals surface area contributed by atoms with Crippen LogP contribution in [0.25, 0.3) is 0 Å². The maximum absolute atomic E-state index is 11.9. The molecular formula is C15H16ClN3O.